The molecule has 4 rings (SSSR count). The summed E-state index contributed by atoms with van der Waals surface area (Å²) in [6, 6.07) is 6.01. The van der Waals surface area contributed by atoms with Crippen LogP contribution >= 0.6 is 0 Å². The maximum atomic E-state index is 14.0. The van der Waals surface area contributed by atoms with Crippen molar-refractivity contribution in [3.8, 4) is 0 Å². The molecule has 0 radical (unpaired) electrons. The van der Waals surface area contributed by atoms with Crippen molar-refractivity contribution in [2.45, 2.75) is 51.2 Å². The Morgan fingerprint density at radius 1 is 1.24 bits per heavy atom. The van der Waals surface area contributed by atoms with Crippen LogP contribution in [0.25, 0.3) is 0 Å². The molecular weight excluding hydrogens is 321 g/mol. The Labute approximate surface area is 146 Å². The molecule has 2 aliphatic heterocycles. The van der Waals surface area contributed by atoms with Crippen LogP contribution in [-0.2, 0) is 17.8 Å². The van der Waals surface area contributed by atoms with Crippen LogP contribution in [0.2, 0.25) is 0 Å². The Balaban J connectivity index is 1.48. The first-order valence-corrected chi connectivity index (χ1v) is 8.89. The van der Waals surface area contributed by atoms with Gasteiger partial charge in [0.05, 0.1) is 17.8 Å². The maximum Gasteiger partial charge on any atom is 0.244 e. The van der Waals surface area contributed by atoms with Crippen LogP contribution in [0, 0.1) is 5.82 Å². The lowest BCUT2D eigenvalue weighted by molar-refractivity contribution is -0.119. The number of fused-ring (bicyclic) bond motifs is 1. The number of carbonyl (C=O) groups is 1. The quantitative estimate of drug-likeness (QED) is 0.924. The number of amides is 1. The number of para-hydroxylation sites is 1. The molecule has 6 nitrogen and oxygen atoms in total. The Morgan fingerprint density at radius 2 is 2.08 bits per heavy atom. The van der Waals surface area contributed by atoms with E-state index in [9.17, 15) is 9.18 Å². The summed E-state index contributed by atoms with van der Waals surface area (Å²) in [5, 5.41) is 12.0. The summed E-state index contributed by atoms with van der Waals surface area (Å²) in [6.45, 7) is 3.46. The average molecular weight is 343 g/mol. The fraction of sp³-hybridized carbons (Fsp3) is 0.500. The molecule has 2 atom stereocenters. The molecule has 0 spiro atoms. The Bertz CT molecular complexity index is 790. The van der Waals surface area contributed by atoms with Gasteiger partial charge in [-0.05, 0) is 38.3 Å². The van der Waals surface area contributed by atoms with E-state index in [0.717, 1.165) is 37.5 Å². The molecule has 25 heavy (non-hydrogen) atoms. The number of halogens is 1. The molecule has 1 fully saturated rings. The first-order chi connectivity index (χ1) is 12.1. The van der Waals surface area contributed by atoms with Crippen LogP contribution in [0.5, 0.6) is 0 Å². The van der Waals surface area contributed by atoms with Gasteiger partial charge in [0.25, 0.3) is 0 Å². The van der Waals surface area contributed by atoms with E-state index in [4.69, 9.17) is 0 Å². The predicted octanol–water partition coefficient (Wildman–Crippen LogP) is 2.21. The molecule has 3 heterocycles. The van der Waals surface area contributed by atoms with E-state index in [0.29, 0.717) is 18.7 Å². The Morgan fingerprint density at radius 3 is 2.92 bits per heavy atom. The van der Waals surface area contributed by atoms with Gasteiger partial charge >= 0.3 is 0 Å². The first kappa shape index (κ1) is 16.2. The Kier molecular flexibility index (Phi) is 4.25. The van der Waals surface area contributed by atoms with Crippen molar-refractivity contribution in [2.75, 3.05) is 11.4 Å². The molecule has 0 unspecified atom stereocenters. The van der Waals surface area contributed by atoms with Crippen LogP contribution in [0.1, 0.15) is 43.9 Å². The minimum absolute atomic E-state index is 0.0751. The van der Waals surface area contributed by atoms with Crippen LogP contribution in [0.4, 0.5) is 10.1 Å². The van der Waals surface area contributed by atoms with Crippen LogP contribution in [0.15, 0.2) is 24.3 Å². The first-order valence-electron chi connectivity index (χ1n) is 8.89. The SMILES string of the molecule is C[C@H](N[C@H]1CCN(c2ccccc2F)C1=O)c1nnc2n1CCCC2. The van der Waals surface area contributed by atoms with Gasteiger partial charge < -0.3 is 9.47 Å². The van der Waals surface area contributed by atoms with E-state index < -0.39 is 0 Å². The molecule has 1 amide bonds. The van der Waals surface area contributed by atoms with Gasteiger partial charge in [-0.3, -0.25) is 10.1 Å². The summed E-state index contributed by atoms with van der Waals surface area (Å²) in [7, 11) is 0. The lowest BCUT2D eigenvalue weighted by Crippen LogP contribution is -2.40. The van der Waals surface area contributed by atoms with E-state index in [2.05, 4.69) is 20.1 Å². The molecule has 2 aromatic rings. The van der Waals surface area contributed by atoms with Crippen LogP contribution < -0.4 is 10.2 Å². The van der Waals surface area contributed by atoms with E-state index in [1.54, 1.807) is 18.2 Å². The monoisotopic (exact) mass is 343 g/mol. The van der Waals surface area contributed by atoms with Gasteiger partial charge in [-0.25, -0.2) is 4.39 Å². The highest BCUT2D eigenvalue weighted by Gasteiger charge is 2.35. The number of carbonyl (C=O) groups excluding carboxylic acids is 1. The number of hydrogen-bond acceptors (Lipinski definition) is 4. The molecule has 1 aromatic carbocycles. The van der Waals surface area contributed by atoms with E-state index in [-0.39, 0.29) is 23.8 Å². The second kappa shape index (κ2) is 6.55. The molecular formula is C18H22FN5O. The van der Waals surface area contributed by atoms with E-state index in [1.165, 1.54) is 11.0 Å². The standard InChI is InChI=1S/C18H22FN5O/c1-12(17-22-21-16-8-4-5-10-24(16)17)20-14-9-11-23(18(14)25)15-7-3-2-6-13(15)19/h2-3,6-7,12,14,20H,4-5,8-11H2,1H3/t12-,14-/m0/s1. The number of benzene rings is 1. The third-order valence-electron chi connectivity index (χ3n) is 5.08. The van der Waals surface area contributed by atoms with E-state index in [1.807, 2.05) is 6.92 Å². The van der Waals surface area contributed by atoms with Crippen LogP contribution in [0.3, 0.4) is 0 Å². The number of nitrogens with one attached hydrogen (secondary N) is 1. The van der Waals surface area contributed by atoms with Gasteiger partial charge in [0.15, 0.2) is 0 Å². The highest BCUT2D eigenvalue weighted by atomic mass is 19.1. The summed E-state index contributed by atoms with van der Waals surface area (Å²) in [4.78, 5) is 14.2. The summed E-state index contributed by atoms with van der Waals surface area (Å²) in [5.74, 6) is 1.46. The van der Waals surface area contributed by atoms with Crippen molar-refractivity contribution in [3.05, 3.63) is 41.7 Å². The molecule has 0 aliphatic carbocycles. The lowest BCUT2D eigenvalue weighted by Gasteiger charge is -2.22. The second-order valence-electron chi connectivity index (χ2n) is 6.75. The van der Waals surface area contributed by atoms with Gasteiger partial charge in [-0.1, -0.05) is 12.1 Å². The number of rotatable bonds is 4. The molecule has 0 bridgehead atoms. The minimum atomic E-state index is -0.365. The highest BCUT2D eigenvalue weighted by molar-refractivity contribution is 5.99. The van der Waals surface area contributed by atoms with Crippen molar-refractivity contribution in [1.29, 1.82) is 0 Å². The topological polar surface area (TPSA) is 63.1 Å². The third kappa shape index (κ3) is 2.93. The van der Waals surface area contributed by atoms with Gasteiger partial charge in [0, 0.05) is 19.5 Å². The largest absolute Gasteiger partial charge is 0.314 e. The maximum absolute atomic E-state index is 14.0. The molecule has 0 saturated carbocycles. The van der Waals surface area contributed by atoms with Crippen molar-refractivity contribution in [2.24, 2.45) is 0 Å². The summed E-state index contributed by atoms with van der Waals surface area (Å²) < 4.78 is 16.1. The fourth-order valence-electron chi connectivity index (χ4n) is 3.77. The van der Waals surface area contributed by atoms with Gasteiger partial charge in [-0.2, -0.15) is 0 Å². The van der Waals surface area contributed by atoms with Crippen molar-refractivity contribution in [1.82, 2.24) is 20.1 Å². The lowest BCUT2D eigenvalue weighted by atomic mass is 10.1. The number of aromatic nitrogens is 3. The average Bonchev–Trinajstić information content (AvgIpc) is 3.20. The van der Waals surface area contributed by atoms with E-state index >= 15 is 0 Å². The fourth-order valence-corrected chi connectivity index (χ4v) is 3.77. The highest BCUT2D eigenvalue weighted by Crippen LogP contribution is 2.26. The number of aryl methyl sites for hydroxylation is 1. The van der Waals surface area contributed by atoms with Crippen molar-refractivity contribution < 1.29 is 9.18 Å². The molecule has 132 valence electrons. The van der Waals surface area contributed by atoms with Crippen LogP contribution in [-0.4, -0.2) is 33.3 Å². The zero-order chi connectivity index (χ0) is 17.4. The van der Waals surface area contributed by atoms with Crippen molar-refractivity contribution >= 4 is 11.6 Å². The van der Waals surface area contributed by atoms with Crippen molar-refractivity contribution in [3.63, 3.8) is 0 Å². The van der Waals surface area contributed by atoms with Gasteiger partial charge in [0.1, 0.15) is 17.5 Å². The van der Waals surface area contributed by atoms with Gasteiger partial charge in [0.2, 0.25) is 5.91 Å². The summed E-state index contributed by atoms with van der Waals surface area (Å²) in [6.07, 6.45) is 3.90. The zero-order valence-electron chi connectivity index (χ0n) is 14.3. The normalized spacial score (nSPS) is 21.4. The number of nitrogens with zero attached hydrogens (tertiary/aromatic N) is 4. The minimum Gasteiger partial charge on any atom is -0.314 e. The Hall–Kier alpha value is -2.28. The molecule has 1 saturated heterocycles. The molecule has 2 aliphatic rings. The third-order valence-corrected chi connectivity index (χ3v) is 5.08. The van der Waals surface area contributed by atoms with Gasteiger partial charge in [-0.15, -0.1) is 10.2 Å². The predicted molar refractivity (Wildman–Crippen MR) is 91.7 cm³/mol. The number of hydrogen-bond donors (Lipinski definition) is 1. The molecule has 7 heteroatoms. The number of anilines is 1. The molecule has 1 N–H and O–H groups in total. The smallest absolute Gasteiger partial charge is 0.244 e. The summed E-state index contributed by atoms with van der Waals surface area (Å²) >= 11 is 0. The second-order valence-corrected chi connectivity index (χ2v) is 6.75. The molecule has 1 aromatic heterocycles. The summed E-state index contributed by atoms with van der Waals surface area (Å²) in [5.41, 5.74) is 0.351. The zero-order valence-corrected chi connectivity index (χ0v) is 14.3.